The van der Waals surface area contributed by atoms with Gasteiger partial charge in [0, 0.05) is 24.5 Å². The van der Waals surface area contributed by atoms with Crippen molar-refractivity contribution in [3.63, 3.8) is 0 Å². The summed E-state index contributed by atoms with van der Waals surface area (Å²) in [6.45, 7) is 2.04. The maximum atomic E-state index is 12.3. The number of nitrogens with zero attached hydrogens (tertiary/aromatic N) is 5. The Morgan fingerprint density at radius 2 is 1.88 bits per heavy atom. The van der Waals surface area contributed by atoms with Gasteiger partial charge in [0.15, 0.2) is 11.0 Å². The number of ether oxygens (including phenoxy) is 1. The van der Waals surface area contributed by atoms with Gasteiger partial charge in [-0.3, -0.25) is 9.36 Å². The Kier molecular flexibility index (Phi) is 6.89. The van der Waals surface area contributed by atoms with Crippen LogP contribution in [0.3, 0.4) is 0 Å². The van der Waals surface area contributed by atoms with Gasteiger partial charge >= 0.3 is 0 Å². The number of rotatable bonds is 8. The van der Waals surface area contributed by atoms with E-state index in [0.717, 1.165) is 28.3 Å². The van der Waals surface area contributed by atoms with E-state index < -0.39 is 0 Å². The minimum Gasteiger partial charge on any atom is -0.497 e. The minimum absolute atomic E-state index is 0.150. The molecule has 0 aliphatic carbocycles. The maximum Gasteiger partial charge on any atom is 0.250 e. The molecule has 0 aliphatic rings. The number of hydrogen-bond acceptors (Lipinski definition) is 6. The summed E-state index contributed by atoms with van der Waals surface area (Å²) in [4.78, 5) is 12.3. The van der Waals surface area contributed by atoms with E-state index in [1.54, 1.807) is 13.3 Å². The van der Waals surface area contributed by atoms with Crippen LogP contribution in [-0.4, -0.2) is 44.3 Å². The number of amides is 1. The molecule has 0 atom stereocenters. The van der Waals surface area contributed by atoms with Gasteiger partial charge in [-0.05, 0) is 55.5 Å². The molecule has 0 aliphatic heterocycles. The maximum absolute atomic E-state index is 12.3. The lowest BCUT2D eigenvalue weighted by atomic mass is 10.2. The van der Waals surface area contributed by atoms with Crippen LogP contribution in [0.2, 0.25) is 0 Å². The number of carbonyl (C=O) groups is 1. The predicted molar refractivity (Wildman–Crippen MR) is 130 cm³/mol. The lowest BCUT2D eigenvalue weighted by molar-refractivity contribution is -0.118. The summed E-state index contributed by atoms with van der Waals surface area (Å²) in [7, 11) is 3.55. The number of methoxy groups -OCH3 is 1. The van der Waals surface area contributed by atoms with Gasteiger partial charge in [-0.25, -0.2) is 5.43 Å². The van der Waals surface area contributed by atoms with E-state index in [2.05, 4.69) is 20.7 Å². The topological polar surface area (TPSA) is 86.3 Å². The van der Waals surface area contributed by atoms with Crippen molar-refractivity contribution in [2.75, 3.05) is 12.9 Å². The average molecular weight is 461 g/mol. The lowest BCUT2D eigenvalue weighted by Crippen LogP contribution is -2.20. The minimum atomic E-state index is -0.227. The van der Waals surface area contributed by atoms with E-state index >= 15 is 0 Å². The predicted octanol–water partition coefficient (Wildman–Crippen LogP) is 3.83. The second kappa shape index (κ2) is 10.2. The zero-order valence-electron chi connectivity index (χ0n) is 18.6. The Labute approximate surface area is 196 Å². The van der Waals surface area contributed by atoms with E-state index in [0.29, 0.717) is 11.0 Å². The molecule has 0 saturated carbocycles. The molecule has 168 valence electrons. The van der Waals surface area contributed by atoms with Crippen molar-refractivity contribution in [1.82, 2.24) is 24.8 Å². The second-order valence-corrected chi connectivity index (χ2v) is 8.27. The highest BCUT2D eigenvalue weighted by Gasteiger charge is 2.17. The molecule has 2 aromatic carbocycles. The number of benzene rings is 2. The van der Waals surface area contributed by atoms with Crippen LogP contribution in [0.1, 0.15) is 11.3 Å². The van der Waals surface area contributed by atoms with Crippen molar-refractivity contribution in [1.29, 1.82) is 0 Å². The summed E-state index contributed by atoms with van der Waals surface area (Å²) in [6.07, 6.45) is 3.52. The molecule has 2 heterocycles. The summed E-state index contributed by atoms with van der Waals surface area (Å²) in [5.41, 5.74) is 6.42. The first kappa shape index (κ1) is 22.3. The molecule has 4 aromatic rings. The summed E-state index contributed by atoms with van der Waals surface area (Å²) in [5.74, 6) is 1.38. The number of nitrogens with one attached hydrogen (secondary N) is 1. The first-order chi connectivity index (χ1) is 16.0. The summed E-state index contributed by atoms with van der Waals surface area (Å²) in [5, 5.41) is 13.4. The fourth-order valence-corrected chi connectivity index (χ4v) is 3.90. The number of thioether (sulfide) groups is 1. The number of aromatic nitrogens is 4. The zero-order chi connectivity index (χ0) is 23.2. The normalized spacial score (nSPS) is 11.1. The first-order valence-corrected chi connectivity index (χ1v) is 11.3. The summed E-state index contributed by atoms with van der Waals surface area (Å²) >= 11 is 1.30. The average Bonchev–Trinajstić information content (AvgIpc) is 3.44. The monoisotopic (exact) mass is 460 g/mol. The highest BCUT2D eigenvalue weighted by atomic mass is 32.2. The molecule has 8 nitrogen and oxygen atoms in total. The van der Waals surface area contributed by atoms with Gasteiger partial charge in [0.25, 0.3) is 5.91 Å². The van der Waals surface area contributed by atoms with Gasteiger partial charge in [-0.1, -0.05) is 29.5 Å². The molecule has 0 saturated heterocycles. The Balaban J connectivity index is 1.54. The molecule has 0 radical (unpaired) electrons. The van der Waals surface area contributed by atoms with Crippen molar-refractivity contribution in [3.8, 4) is 22.8 Å². The Bertz CT molecular complexity index is 1260. The molecule has 0 unspecified atom stereocenters. The van der Waals surface area contributed by atoms with E-state index in [1.807, 2.05) is 90.0 Å². The third-order valence-electron chi connectivity index (χ3n) is 4.98. The van der Waals surface area contributed by atoms with Crippen LogP contribution < -0.4 is 10.2 Å². The van der Waals surface area contributed by atoms with Gasteiger partial charge in [-0.15, -0.1) is 10.2 Å². The largest absolute Gasteiger partial charge is 0.497 e. The molecule has 9 heteroatoms. The van der Waals surface area contributed by atoms with Crippen molar-refractivity contribution in [2.45, 2.75) is 12.1 Å². The number of carbonyl (C=O) groups excluding carboxylic acids is 1. The standard InChI is InChI=1S/C24H24N6O2S/c1-17-6-10-19(11-7-17)30-23(18-8-12-21(32-3)13-9-18)27-28-24(30)33-16-22(31)26-25-15-20-5-4-14-29(20)2/h4-15H,16H2,1-3H3,(H,26,31)/b25-15-. The third kappa shape index (κ3) is 5.32. The lowest BCUT2D eigenvalue weighted by Gasteiger charge is -2.11. The van der Waals surface area contributed by atoms with E-state index in [1.165, 1.54) is 11.8 Å². The van der Waals surface area contributed by atoms with Crippen molar-refractivity contribution < 1.29 is 9.53 Å². The van der Waals surface area contributed by atoms with Gasteiger partial charge < -0.3 is 9.30 Å². The van der Waals surface area contributed by atoms with Crippen LogP contribution in [0.4, 0.5) is 0 Å². The van der Waals surface area contributed by atoms with Crippen LogP contribution in [0.15, 0.2) is 77.1 Å². The van der Waals surface area contributed by atoms with E-state index in [-0.39, 0.29) is 11.7 Å². The molecule has 0 bridgehead atoms. The number of hydrogen-bond donors (Lipinski definition) is 1. The molecule has 1 amide bonds. The van der Waals surface area contributed by atoms with Crippen LogP contribution in [0.25, 0.3) is 17.1 Å². The molecular formula is C24H24N6O2S. The molecule has 4 rings (SSSR count). The first-order valence-electron chi connectivity index (χ1n) is 10.3. The Morgan fingerprint density at radius 3 is 2.55 bits per heavy atom. The third-order valence-corrected chi connectivity index (χ3v) is 5.91. The molecule has 0 spiro atoms. The van der Waals surface area contributed by atoms with Gasteiger partial charge in [0.2, 0.25) is 0 Å². The molecule has 2 aromatic heterocycles. The highest BCUT2D eigenvalue weighted by molar-refractivity contribution is 7.99. The smallest absolute Gasteiger partial charge is 0.250 e. The second-order valence-electron chi connectivity index (χ2n) is 7.33. The summed E-state index contributed by atoms with van der Waals surface area (Å²) in [6, 6.07) is 19.6. The van der Waals surface area contributed by atoms with Crippen LogP contribution in [-0.2, 0) is 11.8 Å². The molecule has 1 N–H and O–H groups in total. The number of hydrazone groups is 1. The van der Waals surface area contributed by atoms with Crippen molar-refractivity contribution in [3.05, 3.63) is 78.1 Å². The SMILES string of the molecule is COc1ccc(-c2nnc(SCC(=O)N/N=C\c3cccn3C)n2-c2ccc(C)cc2)cc1. The fourth-order valence-electron chi connectivity index (χ4n) is 3.16. The van der Waals surface area contributed by atoms with Gasteiger partial charge in [-0.2, -0.15) is 5.10 Å². The van der Waals surface area contributed by atoms with Crippen LogP contribution >= 0.6 is 11.8 Å². The Morgan fingerprint density at radius 1 is 1.12 bits per heavy atom. The van der Waals surface area contributed by atoms with Crippen LogP contribution in [0, 0.1) is 6.92 Å². The fraction of sp³-hybridized carbons (Fsp3) is 0.167. The van der Waals surface area contributed by atoms with E-state index in [9.17, 15) is 4.79 Å². The zero-order valence-corrected chi connectivity index (χ0v) is 19.4. The van der Waals surface area contributed by atoms with Gasteiger partial charge in [0.1, 0.15) is 5.75 Å². The van der Waals surface area contributed by atoms with Gasteiger partial charge in [0.05, 0.1) is 24.8 Å². The van der Waals surface area contributed by atoms with E-state index in [4.69, 9.17) is 4.74 Å². The number of aryl methyl sites for hydroxylation is 2. The molecular weight excluding hydrogens is 436 g/mol. The quantitative estimate of drug-likeness (QED) is 0.245. The van der Waals surface area contributed by atoms with Crippen molar-refractivity contribution >= 4 is 23.9 Å². The molecule has 33 heavy (non-hydrogen) atoms. The molecule has 0 fully saturated rings. The Hall–Kier alpha value is -3.85. The van der Waals surface area contributed by atoms with Crippen LogP contribution in [0.5, 0.6) is 5.75 Å². The highest BCUT2D eigenvalue weighted by Crippen LogP contribution is 2.29. The summed E-state index contributed by atoms with van der Waals surface area (Å²) < 4.78 is 9.12. The van der Waals surface area contributed by atoms with Crippen molar-refractivity contribution in [2.24, 2.45) is 12.1 Å².